The van der Waals surface area contributed by atoms with Gasteiger partial charge >= 0.3 is 0 Å². The van der Waals surface area contributed by atoms with Crippen molar-refractivity contribution in [3.05, 3.63) is 103 Å². The summed E-state index contributed by atoms with van der Waals surface area (Å²) in [5.74, 6) is 0. The minimum atomic E-state index is -0.122. The zero-order chi connectivity index (χ0) is 15.1. The van der Waals surface area contributed by atoms with Gasteiger partial charge in [0, 0.05) is 5.41 Å². The van der Waals surface area contributed by atoms with Crippen molar-refractivity contribution in [2.45, 2.75) is 28.7 Å². The zero-order valence-corrected chi connectivity index (χ0v) is 12.8. The SMILES string of the molecule is C.C.C=C/C=C\C(=C/C)C1(C)C=CC=CC(c2ccccc2)=C1. The molecule has 1 atom stereocenters. The first kappa shape index (κ1) is 20.7. The average Bonchev–Trinajstić information content (AvgIpc) is 2.71. The van der Waals surface area contributed by atoms with Crippen LogP contribution in [0.15, 0.2) is 97.2 Å². The van der Waals surface area contributed by atoms with E-state index in [1.165, 1.54) is 16.7 Å². The van der Waals surface area contributed by atoms with E-state index in [4.69, 9.17) is 0 Å². The standard InChI is InChI=1S/C21H22.2CH4/c1-4-6-15-20(5-2)21(3)16-11-10-14-19(17-21)18-12-8-7-9-13-18;;/h4-17H,1H2,2-3H3;2*1H4/b15-6-,20-5+;;. The maximum absolute atomic E-state index is 3.76. The lowest BCUT2D eigenvalue weighted by atomic mass is 9.79. The van der Waals surface area contributed by atoms with Gasteiger partial charge in [-0.15, -0.1) is 0 Å². The highest BCUT2D eigenvalue weighted by Crippen LogP contribution is 2.36. The van der Waals surface area contributed by atoms with E-state index in [2.05, 4.69) is 87.2 Å². The first-order valence-electron chi connectivity index (χ1n) is 7.29. The Labute approximate surface area is 143 Å². The molecule has 0 fully saturated rings. The summed E-state index contributed by atoms with van der Waals surface area (Å²) in [6.07, 6.45) is 19.0. The molecule has 1 unspecified atom stereocenters. The molecule has 2 rings (SSSR count). The van der Waals surface area contributed by atoms with Gasteiger partial charge in [-0.1, -0.05) is 106 Å². The molecule has 122 valence electrons. The Morgan fingerprint density at radius 3 is 2.39 bits per heavy atom. The molecule has 1 aliphatic rings. The summed E-state index contributed by atoms with van der Waals surface area (Å²) in [5.41, 5.74) is 3.63. The minimum Gasteiger partial charge on any atom is -0.0991 e. The van der Waals surface area contributed by atoms with Crippen LogP contribution >= 0.6 is 0 Å². The Balaban J connectivity index is 0.00000242. The van der Waals surface area contributed by atoms with Crippen LogP contribution in [0.3, 0.4) is 0 Å². The predicted octanol–water partition coefficient (Wildman–Crippen LogP) is 7.16. The molecule has 1 aliphatic carbocycles. The molecule has 0 aliphatic heterocycles. The quantitative estimate of drug-likeness (QED) is 0.517. The number of hydrogen-bond acceptors (Lipinski definition) is 0. The van der Waals surface area contributed by atoms with Gasteiger partial charge in [-0.25, -0.2) is 0 Å². The van der Waals surface area contributed by atoms with Crippen LogP contribution in [0.2, 0.25) is 0 Å². The molecular weight excluding hydrogens is 276 g/mol. The number of rotatable bonds is 4. The van der Waals surface area contributed by atoms with Crippen molar-refractivity contribution in [2.75, 3.05) is 0 Å². The lowest BCUT2D eigenvalue weighted by molar-refractivity contribution is 0.682. The Kier molecular flexibility index (Phi) is 8.65. The van der Waals surface area contributed by atoms with E-state index in [-0.39, 0.29) is 20.3 Å². The first-order chi connectivity index (χ1) is 10.2. The van der Waals surface area contributed by atoms with Gasteiger partial charge in [-0.3, -0.25) is 0 Å². The topological polar surface area (TPSA) is 0 Å². The van der Waals surface area contributed by atoms with E-state index in [1.54, 1.807) is 0 Å². The molecular formula is C23H30. The minimum absolute atomic E-state index is 0. The summed E-state index contributed by atoms with van der Waals surface area (Å²) >= 11 is 0. The molecule has 23 heavy (non-hydrogen) atoms. The van der Waals surface area contributed by atoms with Crippen molar-refractivity contribution in [2.24, 2.45) is 5.41 Å². The molecule has 0 aromatic heterocycles. The lowest BCUT2D eigenvalue weighted by Gasteiger charge is -2.24. The van der Waals surface area contributed by atoms with Gasteiger partial charge in [0.1, 0.15) is 0 Å². The van der Waals surface area contributed by atoms with Crippen molar-refractivity contribution >= 4 is 5.57 Å². The molecule has 1 aromatic carbocycles. The van der Waals surface area contributed by atoms with Crippen LogP contribution in [-0.4, -0.2) is 0 Å². The van der Waals surface area contributed by atoms with E-state index in [0.717, 1.165) is 0 Å². The first-order valence-corrected chi connectivity index (χ1v) is 7.29. The second-order valence-corrected chi connectivity index (χ2v) is 5.31. The van der Waals surface area contributed by atoms with E-state index < -0.39 is 0 Å². The lowest BCUT2D eigenvalue weighted by Crippen LogP contribution is -2.12. The summed E-state index contributed by atoms with van der Waals surface area (Å²) in [5, 5.41) is 0. The Morgan fingerprint density at radius 1 is 1.09 bits per heavy atom. The predicted molar refractivity (Wildman–Crippen MR) is 107 cm³/mol. The van der Waals surface area contributed by atoms with Gasteiger partial charge in [-0.05, 0) is 30.6 Å². The van der Waals surface area contributed by atoms with E-state index >= 15 is 0 Å². The highest BCUT2D eigenvalue weighted by Gasteiger charge is 2.22. The van der Waals surface area contributed by atoms with Crippen LogP contribution in [0.25, 0.3) is 5.57 Å². The second kappa shape index (κ2) is 9.63. The molecule has 0 saturated carbocycles. The summed E-state index contributed by atoms with van der Waals surface area (Å²) in [7, 11) is 0. The molecule has 1 aromatic rings. The molecule has 0 N–H and O–H groups in total. The highest BCUT2D eigenvalue weighted by atomic mass is 14.3. The normalized spacial score (nSPS) is 20.3. The summed E-state index contributed by atoms with van der Waals surface area (Å²) in [4.78, 5) is 0. The monoisotopic (exact) mass is 306 g/mol. The van der Waals surface area contributed by atoms with E-state index in [1.807, 2.05) is 18.2 Å². The molecule has 0 heterocycles. The van der Waals surface area contributed by atoms with Gasteiger partial charge in [0.05, 0.1) is 0 Å². The second-order valence-electron chi connectivity index (χ2n) is 5.31. The molecule has 0 bridgehead atoms. The number of hydrogen-bond donors (Lipinski definition) is 0. The number of benzene rings is 1. The fourth-order valence-electron chi connectivity index (χ4n) is 2.58. The molecule has 0 spiro atoms. The summed E-state index contributed by atoms with van der Waals surface area (Å²) in [6.45, 7) is 8.07. The zero-order valence-electron chi connectivity index (χ0n) is 12.8. The third kappa shape index (κ3) is 5.10. The van der Waals surface area contributed by atoms with Gasteiger partial charge in [0.15, 0.2) is 0 Å². The summed E-state index contributed by atoms with van der Waals surface area (Å²) < 4.78 is 0. The molecule has 0 saturated heterocycles. The maximum atomic E-state index is 3.76. The van der Waals surface area contributed by atoms with Gasteiger partial charge < -0.3 is 0 Å². The van der Waals surface area contributed by atoms with Crippen LogP contribution in [0.4, 0.5) is 0 Å². The van der Waals surface area contributed by atoms with Crippen LogP contribution in [0.1, 0.15) is 34.3 Å². The van der Waals surface area contributed by atoms with Crippen LogP contribution in [-0.2, 0) is 0 Å². The van der Waals surface area contributed by atoms with Crippen molar-refractivity contribution < 1.29 is 0 Å². The van der Waals surface area contributed by atoms with Crippen LogP contribution in [0.5, 0.6) is 0 Å². The summed E-state index contributed by atoms with van der Waals surface area (Å²) in [6, 6.07) is 10.5. The van der Waals surface area contributed by atoms with Gasteiger partial charge in [0.2, 0.25) is 0 Å². The Morgan fingerprint density at radius 2 is 1.78 bits per heavy atom. The Bertz CT molecular complexity index is 636. The van der Waals surface area contributed by atoms with E-state index in [9.17, 15) is 0 Å². The fourth-order valence-corrected chi connectivity index (χ4v) is 2.58. The molecule has 0 nitrogen and oxygen atoms in total. The van der Waals surface area contributed by atoms with Crippen molar-refractivity contribution in [1.29, 1.82) is 0 Å². The average molecular weight is 306 g/mol. The molecule has 0 heteroatoms. The fraction of sp³-hybridized carbons (Fsp3) is 0.217. The maximum Gasteiger partial charge on any atom is 0.0292 e. The van der Waals surface area contributed by atoms with Gasteiger partial charge in [-0.2, -0.15) is 0 Å². The van der Waals surface area contributed by atoms with Crippen molar-refractivity contribution in [1.82, 2.24) is 0 Å². The number of allylic oxidation sites excluding steroid dienone is 11. The highest BCUT2D eigenvalue weighted by molar-refractivity contribution is 5.76. The largest absolute Gasteiger partial charge is 0.0991 e. The van der Waals surface area contributed by atoms with Crippen LogP contribution < -0.4 is 0 Å². The van der Waals surface area contributed by atoms with Crippen molar-refractivity contribution in [3.63, 3.8) is 0 Å². The third-order valence-corrected chi connectivity index (χ3v) is 3.74. The Hall–Kier alpha value is -2.34. The third-order valence-electron chi connectivity index (χ3n) is 3.74. The van der Waals surface area contributed by atoms with Gasteiger partial charge in [0.25, 0.3) is 0 Å². The van der Waals surface area contributed by atoms with Crippen LogP contribution in [0, 0.1) is 5.41 Å². The smallest absolute Gasteiger partial charge is 0.0292 e. The van der Waals surface area contributed by atoms with Crippen molar-refractivity contribution in [3.8, 4) is 0 Å². The van der Waals surface area contributed by atoms with E-state index in [0.29, 0.717) is 0 Å². The molecule has 0 radical (unpaired) electrons. The molecule has 0 amide bonds.